The smallest absolute Gasteiger partial charge is 0.206 e. The number of thiophene rings is 1. The number of hydrogen-bond acceptors (Lipinski definition) is 3. The standard InChI is InChI=1S/C7H3NOS/c8-4-6-3-5-1-2-10-7(5)9-6/h1-3H. The van der Waals surface area contributed by atoms with Crippen LogP contribution in [-0.4, -0.2) is 0 Å². The monoisotopic (exact) mass is 149 g/mol. The lowest BCUT2D eigenvalue weighted by Gasteiger charge is -1.70. The Labute approximate surface area is 61.3 Å². The van der Waals surface area contributed by atoms with Gasteiger partial charge in [-0.25, -0.2) is 0 Å². The van der Waals surface area contributed by atoms with E-state index >= 15 is 0 Å². The van der Waals surface area contributed by atoms with E-state index in [4.69, 9.17) is 9.68 Å². The molecule has 0 aliphatic carbocycles. The fourth-order valence-electron chi connectivity index (χ4n) is 0.821. The maximum absolute atomic E-state index is 8.42. The maximum Gasteiger partial charge on any atom is 0.206 e. The molecule has 3 heteroatoms. The molecule has 0 bridgehead atoms. The molecular formula is C7H3NOS. The number of nitrogens with zero attached hydrogens (tertiary/aromatic N) is 1. The predicted molar refractivity (Wildman–Crippen MR) is 38.8 cm³/mol. The van der Waals surface area contributed by atoms with Crippen molar-refractivity contribution in [3.05, 3.63) is 23.3 Å². The van der Waals surface area contributed by atoms with E-state index in [9.17, 15) is 0 Å². The molecule has 0 N–H and O–H groups in total. The van der Waals surface area contributed by atoms with Crippen LogP contribution >= 0.6 is 11.3 Å². The minimum absolute atomic E-state index is 0.391. The van der Waals surface area contributed by atoms with Gasteiger partial charge < -0.3 is 4.42 Å². The van der Waals surface area contributed by atoms with Crippen LogP contribution in [0.2, 0.25) is 0 Å². The van der Waals surface area contributed by atoms with Crippen LogP contribution in [0.3, 0.4) is 0 Å². The van der Waals surface area contributed by atoms with E-state index in [2.05, 4.69) is 0 Å². The molecule has 2 aromatic rings. The van der Waals surface area contributed by atoms with Crippen molar-refractivity contribution >= 4 is 21.6 Å². The second kappa shape index (κ2) is 1.86. The van der Waals surface area contributed by atoms with E-state index < -0.39 is 0 Å². The van der Waals surface area contributed by atoms with E-state index in [1.165, 1.54) is 11.3 Å². The van der Waals surface area contributed by atoms with Gasteiger partial charge in [0.15, 0.2) is 4.90 Å². The lowest BCUT2D eigenvalue weighted by molar-refractivity contribution is 0.607. The molecule has 0 unspecified atom stereocenters. The van der Waals surface area contributed by atoms with Crippen LogP contribution < -0.4 is 0 Å². The zero-order valence-corrected chi connectivity index (χ0v) is 5.81. The molecule has 0 saturated heterocycles. The van der Waals surface area contributed by atoms with Gasteiger partial charge in [0.05, 0.1) is 0 Å². The first kappa shape index (κ1) is 5.51. The van der Waals surface area contributed by atoms with Crippen LogP contribution in [0.5, 0.6) is 0 Å². The Bertz CT molecular complexity index is 364. The van der Waals surface area contributed by atoms with Gasteiger partial charge in [0, 0.05) is 11.5 Å². The zero-order valence-electron chi connectivity index (χ0n) is 5.00. The molecule has 0 aliphatic rings. The highest BCUT2D eigenvalue weighted by molar-refractivity contribution is 7.16. The lowest BCUT2D eigenvalue weighted by atomic mass is 10.4. The van der Waals surface area contributed by atoms with Crippen LogP contribution in [0.15, 0.2) is 21.9 Å². The highest BCUT2D eigenvalue weighted by atomic mass is 32.1. The first-order valence-electron chi connectivity index (χ1n) is 2.77. The minimum Gasteiger partial charge on any atom is -0.435 e. The number of fused-ring (bicyclic) bond motifs is 1. The predicted octanol–water partition coefficient (Wildman–Crippen LogP) is 2.37. The van der Waals surface area contributed by atoms with Crippen molar-refractivity contribution in [1.82, 2.24) is 0 Å². The third kappa shape index (κ3) is 0.630. The molecule has 0 fully saturated rings. The summed E-state index contributed by atoms with van der Waals surface area (Å²) in [5, 5.41) is 11.4. The number of rotatable bonds is 0. The van der Waals surface area contributed by atoms with Gasteiger partial charge in [-0.05, 0) is 11.4 Å². The molecule has 2 rings (SSSR count). The van der Waals surface area contributed by atoms with Gasteiger partial charge in [-0.3, -0.25) is 0 Å². The number of hydrogen-bond donors (Lipinski definition) is 0. The van der Waals surface area contributed by atoms with Gasteiger partial charge in [-0.1, -0.05) is 0 Å². The maximum atomic E-state index is 8.42. The molecule has 0 radical (unpaired) electrons. The Hall–Kier alpha value is -1.27. The van der Waals surface area contributed by atoms with Gasteiger partial charge in [-0.15, -0.1) is 11.3 Å². The Morgan fingerprint density at radius 3 is 3.20 bits per heavy atom. The average Bonchev–Trinajstić information content (AvgIpc) is 2.42. The molecular weight excluding hydrogens is 146 g/mol. The van der Waals surface area contributed by atoms with Crippen LogP contribution in [0.4, 0.5) is 0 Å². The van der Waals surface area contributed by atoms with Crippen LogP contribution in [0, 0.1) is 11.3 Å². The summed E-state index contributed by atoms with van der Waals surface area (Å²) in [6, 6.07) is 5.62. The van der Waals surface area contributed by atoms with Gasteiger partial charge >= 0.3 is 0 Å². The topological polar surface area (TPSA) is 36.9 Å². The van der Waals surface area contributed by atoms with Crippen LogP contribution in [0.25, 0.3) is 10.3 Å². The fourth-order valence-corrected chi connectivity index (χ4v) is 1.56. The Morgan fingerprint density at radius 1 is 1.60 bits per heavy atom. The quantitative estimate of drug-likeness (QED) is 0.576. The van der Waals surface area contributed by atoms with Gasteiger partial charge in [0.1, 0.15) is 6.07 Å². The van der Waals surface area contributed by atoms with Crippen molar-refractivity contribution < 1.29 is 4.42 Å². The summed E-state index contributed by atoms with van der Waals surface area (Å²) in [4.78, 5) is 0.830. The summed E-state index contributed by atoms with van der Waals surface area (Å²) in [5.74, 6) is 0.391. The molecule has 48 valence electrons. The highest BCUT2D eigenvalue weighted by Gasteiger charge is 2.01. The largest absolute Gasteiger partial charge is 0.435 e. The van der Waals surface area contributed by atoms with Crippen molar-refractivity contribution in [2.75, 3.05) is 0 Å². The molecule has 0 saturated carbocycles. The van der Waals surface area contributed by atoms with E-state index in [-0.39, 0.29) is 0 Å². The molecule has 0 aromatic carbocycles. The highest BCUT2D eigenvalue weighted by Crippen LogP contribution is 2.23. The van der Waals surface area contributed by atoms with E-state index in [1.807, 2.05) is 17.5 Å². The summed E-state index contributed by atoms with van der Waals surface area (Å²) < 4.78 is 5.11. The average molecular weight is 149 g/mol. The van der Waals surface area contributed by atoms with Crippen molar-refractivity contribution in [3.63, 3.8) is 0 Å². The summed E-state index contributed by atoms with van der Waals surface area (Å²) in [7, 11) is 0. The van der Waals surface area contributed by atoms with E-state index in [1.54, 1.807) is 6.07 Å². The zero-order chi connectivity index (χ0) is 6.97. The third-order valence-corrected chi connectivity index (χ3v) is 2.06. The Morgan fingerprint density at radius 2 is 2.50 bits per heavy atom. The van der Waals surface area contributed by atoms with E-state index in [0.29, 0.717) is 5.76 Å². The fraction of sp³-hybridized carbons (Fsp3) is 0. The number of furan rings is 1. The van der Waals surface area contributed by atoms with Gasteiger partial charge in [-0.2, -0.15) is 5.26 Å². The third-order valence-electron chi connectivity index (χ3n) is 1.26. The molecule has 0 aliphatic heterocycles. The molecule has 2 nitrogen and oxygen atoms in total. The van der Waals surface area contributed by atoms with Crippen molar-refractivity contribution in [2.24, 2.45) is 0 Å². The molecule has 0 atom stereocenters. The van der Waals surface area contributed by atoms with Crippen LogP contribution in [-0.2, 0) is 0 Å². The van der Waals surface area contributed by atoms with Crippen molar-refractivity contribution in [1.29, 1.82) is 5.26 Å². The van der Waals surface area contributed by atoms with Gasteiger partial charge in [0.25, 0.3) is 0 Å². The molecule has 0 amide bonds. The van der Waals surface area contributed by atoms with E-state index in [0.717, 1.165) is 10.3 Å². The molecule has 0 spiro atoms. The number of nitriles is 1. The second-order valence-electron chi connectivity index (χ2n) is 1.89. The summed E-state index contributed by atoms with van der Waals surface area (Å²) in [5.41, 5.74) is 0. The normalized spacial score (nSPS) is 9.90. The van der Waals surface area contributed by atoms with Crippen molar-refractivity contribution in [2.45, 2.75) is 0 Å². The SMILES string of the molecule is N#Cc1cc2ccsc2o1. The Balaban J connectivity index is 2.81. The first-order valence-corrected chi connectivity index (χ1v) is 3.65. The van der Waals surface area contributed by atoms with Crippen molar-refractivity contribution in [3.8, 4) is 6.07 Å². The molecule has 10 heavy (non-hydrogen) atoms. The minimum atomic E-state index is 0.391. The summed E-state index contributed by atoms with van der Waals surface area (Å²) in [6.45, 7) is 0. The Kier molecular flexibility index (Phi) is 1.02. The van der Waals surface area contributed by atoms with Gasteiger partial charge in [0.2, 0.25) is 5.76 Å². The summed E-state index contributed by atoms with van der Waals surface area (Å²) >= 11 is 1.51. The second-order valence-corrected chi connectivity index (χ2v) is 2.76. The molecule has 2 aromatic heterocycles. The lowest BCUT2D eigenvalue weighted by Crippen LogP contribution is -1.56. The summed E-state index contributed by atoms with van der Waals surface area (Å²) in [6.07, 6.45) is 0. The van der Waals surface area contributed by atoms with Crippen LogP contribution in [0.1, 0.15) is 5.76 Å². The first-order chi connectivity index (χ1) is 4.90. The molecule has 2 heterocycles.